The lowest BCUT2D eigenvalue weighted by Gasteiger charge is -2.35. The van der Waals surface area contributed by atoms with Crippen molar-refractivity contribution in [2.24, 2.45) is 0 Å². The van der Waals surface area contributed by atoms with E-state index in [1.807, 2.05) is 30.0 Å². The average Bonchev–Trinajstić information content (AvgIpc) is 3.21. The van der Waals surface area contributed by atoms with Gasteiger partial charge in [0.15, 0.2) is 0 Å². The summed E-state index contributed by atoms with van der Waals surface area (Å²) in [6.07, 6.45) is 5.91. The summed E-state index contributed by atoms with van der Waals surface area (Å²) in [7, 11) is 0. The lowest BCUT2D eigenvalue weighted by atomic mass is 10.2. The Balaban J connectivity index is 1.64. The maximum Gasteiger partial charge on any atom is 0.245 e. The summed E-state index contributed by atoms with van der Waals surface area (Å²) in [5.41, 5.74) is 0.970. The first-order valence-electron chi connectivity index (χ1n) is 9.31. The van der Waals surface area contributed by atoms with Crippen LogP contribution < -0.4 is 10.2 Å². The van der Waals surface area contributed by atoms with Gasteiger partial charge in [0.2, 0.25) is 11.8 Å². The van der Waals surface area contributed by atoms with Crippen molar-refractivity contribution in [3.8, 4) is 0 Å². The maximum absolute atomic E-state index is 12.6. The summed E-state index contributed by atoms with van der Waals surface area (Å²) in [5, 5.41) is 7.19. The standard InChI is InChI=1S/C19H26N6O2/c1-3-17(25-9-5-8-22-25)19(27)21-14-16-6-4-7-20-18(16)24-12-10-23(11-13-24)15(2)26/h4-9,17H,3,10-14H2,1-2H3,(H,21,27)/t17-/m1/s1. The third-order valence-electron chi connectivity index (χ3n) is 4.88. The smallest absolute Gasteiger partial charge is 0.245 e. The van der Waals surface area contributed by atoms with Crippen LogP contribution in [0.4, 0.5) is 5.82 Å². The number of carbonyl (C=O) groups excluding carboxylic acids is 2. The lowest BCUT2D eigenvalue weighted by Crippen LogP contribution is -2.48. The Bertz CT molecular complexity index is 768. The van der Waals surface area contributed by atoms with Crippen molar-refractivity contribution in [2.75, 3.05) is 31.1 Å². The van der Waals surface area contributed by atoms with Gasteiger partial charge in [-0.25, -0.2) is 4.98 Å². The molecule has 1 atom stereocenters. The number of carbonyl (C=O) groups is 2. The van der Waals surface area contributed by atoms with Gasteiger partial charge in [0.05, 0.1) is 0 Å². The lowest BCUT2D eigenvalue weighted by molar-refractivity contribution is -0.129. The van der Waals surface area contributed by atoms with Gasteiger partial charge in [-0.3, -0.25) is 14.3 Å². The second-order valence-corrected chi connectivity index (χ2v) is 6.61. The van der Waals surface area contributed by atoms with Crippen LogP contribution in [0.15, 0.2) is 36.8 Å². The van der Waals surface area contributed by atoms with E-state index in [-0.39, 0.29) is 17.9 Å². The van der Waals surface area contributed by atoms with E-state index < -0.39 is 0 Å². The number of amides is 2. The van der Waals surface area contributed by atoms with Crippen molar-refractivity contribution >= 4 is 17.6 Å². The zero-order valence-corrected chi connectivity index (χ0v) is 15.8. The van der Waals surface area contributed by atoms with E-state index in [0.717, 1.165) is 24.5 Å². The minimum atomic E-state index is -0.320. The summed E-state index contributed by atoms with van der Waals surface area (Å²) >= 11 is 0. The fraction of sp³-hybridized carbons (Fsp3) is 0.474. The number of anilines is 1. The Kier molecular flexibility index (Phi) is 6.05. The number of hydrogen-bond donors (Lipinski definition) is 1. The monoisotopic (exact) mass is 370 g/mol. The topological polar surface area (TPSA) is 83.4 Å². The zero-order chi connectivity index (χ0) is 19.2. The molecule has 8 nitrogen and oxygen atoms in total. The van der Waals surface area contributed by atoms with Crippen LogP contribution in [0.5, 0.6) is 0 Å². The third-order valence-corrected chi connectivity index (χ3v) is 4.88. The van der Waals surface area contributed by atoms with Gasteiger partial charge in [0.25, 0.3) is 0 Å². The summed E-state index contributed by atoms with van der Waals surface area (Å²) in [6, 6.07) is 5.35. The summed E-state index contributed by atoms with van der Waals surface area (Å²) < 4.78 is 1.68. The van der Waals surface area contributed by atoms with Crippen LogP contribution in [-0.4, -0.2) is 57.7 Å². The third kappa shape index (κ3) is 4.45. The molecule has 1 aliphatic rings. The molecule has 1 aliphatic heterocycles. The van der Waals surface area contributed by atoms with Crippen molar-refractivity contribution in [2.45, 2.75) is 32.9 Å². The van der Waals surface area contributed by atoms with E-state index in [9.17, 15) is 9.59 Å². The molecular weight excluding hydrogens is 344 g/mol. The molecule has 0 aromatic carbocycles. The molecule has 144 valence electrons. The van der Waals surface area contributed by atoms with Gasteiger partial charge in [-0.1, -0.05) is 13.0 Å². The summed E-state index contributed by atoms with van der Waals surface area (Å²) in [5.74, 6) is 0.915. The number of nitrogens with zero attached hydrogens (tertiary/aromatic N) is 5. The van der Waals surface area contributed by atoms with Crippen LogP contribution in [0.25, 0.3) is 0 Å². The van der Waals surface area contributed by atoms with E-state index in [4.69, 9.17) is 0 Å². The van der Waals surface area contributed by atoms with Crippen molar-refractivity contribution < 1.29 is 9.59 Å². The van der Waals surface area contributed by atoms with E-state index in [2.05, 4.69) is 20.3 Å². The maximum atomic E-state index is 12.6. The van der Waals surface area contributed by atoms with Crippen LogP contribution in [0.2, 0.25) is 0 Å². The molecule has 0 spiro atoms. The van der Waals surface area contributed by atoms with Gasteiger partial charge in [-0.15, -0.1) is 0 Å². The van der Waals surface area contributed by atoms with Crippen LogP contribution in [0.3, 0.4) is 0 Å². The highest BCUT2D eigenvalue weighted by molar-refractivity contribution is 5.80. The Morgan fingerprint density at radius 3 is 2.59 bits per heavy atom. The molecule has 1 N–H and O–H groups in total. The molecule has 0 radical (unpaired) electrons. The molecule has 27 heavy (non-hydrogen) atoms. The molecular formula is C19H26N6O2. The Labute approximate surface area is 159 Å². The molecule has 8 heteroatoms. The van der Waals surface area contributed by atoms with Crippen molar-refractivity contribution in [3.05, 3.63) is 42.4 Å². The number of aromatic nitrogens is 3. The second kappa shape index (κ2) is 8.66. The molecule has 3 rings (SSSR count). The second-order valence-electron chi connectivity index (χ2n) is 6.61. The van der Waals surface area contributed by atoms with Gasteiger partial charge in [-0.05, 0) is 18.6 Å². The van der Waals surface area contributed by atoms with Gasteiger partial charge in [0, 0.05) is 63.8 Å². The number of nitrogens with one attached hydrogen (secondary N) is 1. The fourth-order valence-corrected chi connectivity index (χ4v) is 3.34. The highest BCUT2D eigenvalue weighted by atomic mass is 16.2. The molecule has 0 unspecified atom stereocenters. The zero-order valence-electron chi connectivity index (χ0n) is 15.8. The molecule has 2 aromatic rings. The Morgan fingerprint density at radius 2 is 1.96 bits per heavy atom. The predicted octanol–water partition coefficient (Wildman–Crippen LogP) is 1.21. The Hall–Kier alpha value is -2.90. The number of pyridine rings is 1. The normalized spacial score (nSPS) is 15.5. The highest BCUT2D eigenvalue weighted by Gasteiger charge is 2.22. The van der Waals surface area contributed by atoms with E-state index in [0.29, 0.717) is 26.1 Å². The molecule has 1 fully saturated rings. The molecule has 0 saturated carbocycles. The Morgan fingerprint density at radius 1 is 1.19 bits per heavy atom. The summed E-state index contributed by atoms with van der Waals surface area (Å²) in [4.78, 5) is 32.6. The molecule has 0 aliphatic carbocycles. The van der Waals surface area contributed by atoms with Crippen LogP contribution >= 0.6 is 0 Å². The number of rotatable bonds is 6. The predicted molar refractivity (Wildman–Crippen MR) is 102 cm³/mol. The molecule has 3 heterocycles. The average molecular weight is 370 g/mol. The molecule has 2 amide bonds. The van der Waals surface area contributed by atoms with Crippen molar-refractivity contribution in [3.63, 3.8) is 0 Å². The summed E-state index contributed by atoms with van der Waals surface area (Å²) in [6.45, 7) is 6.83. The van der Waals surface area contributed by atoms with E-state index >= 15 is 0 Å². The first kappa shape index (κ1) is 18.9. The highest BCUT2D eigenvalue weighted by Crippen LogP contribution is 2.19. The first-order valence-corrected chi connectivity index (χ1v) is 9.31. The minimum Gasteiger partial charge on any atom is -0.353 e. The van der Waals surface area contributed by atoms with Crippen molar-refractivity contribution in [1.29, 1.82) is 0 Å². The minimum absolute atomic E-state index is 0.0580. The van der Waals surface area contributed by atoms with Crippen LogP contribution in [0, 0.1) is 0 Å². The largest absolute Gasteiger partial charge is 0.353 e. The number of hydrogen-bond acceptors (Lipinski definition) is 5. The van der Waals surface area contributed by atoms with Crippen LogP contribution in [0.1, 0.15) is 31.9 Å². The van der Waals surface area contributed by atoms with Crippen LogP contribution in [-0.2, 0) is 16.1 Å². The van der Waals surface area contributed by atoms with Gasteiger partial charge < -0.3 is 15.1 Å². The quantitative estimate of drug-likeness (QED) is 0.826. The first-order chi connectivity index (χ1) is 13.1. The SMILES string of the molecule is CC[C@H](C(=O)NCc1cccnc1N1CCN(C(C)=O)CC1)n1cccn1. The van der Waals surface area contributed by atoms with E-state index in [1.54, 1.807) is 30.2 Å². The van der Waals surface area contributed by atoms with E-state index in [1.165, 1.54) is 0 Å². The molecule has 1 saturated heterocycles. The van der Waals surface area contributed by atoms with Crippen molar-refractivity contribution in [1.82, 2.24) is 25.0 Å². The molecule has 2 aromatic heterocycles. The molecule has 0 bridgehead atoms. The van der Waals surface area contributed by atoms with Gasteiger partial charge >= 0.3 is 0 Å². The fourth-order valence-electron chi connectivity index (χ4n) is 3.34. The van der Waals surface area contributed by atoms with Gasteiger partial charge in [-0.2, -0.15) is 5.10 Å². The number of piperazine rings is 1. The van der Waals surface area contributed by atoms with Gasteiger partial charge in [0.1, 0.15) is 11.9 Å².